The fraction of sp³-hybridized carbons (Fsp3) is 0.625. The van der Waals surface area contributed by atoms with Crippen molar-refractivity contribution < 1.29 is 9.53 Å². The molecule has 1 aliphatic carbocycles. The summed E-state index contributed by atoms with van der Waals surface area (Å²) in [5, 5.41) is 11.9. The Bertz CT molecular complexity index is 747. The fourth-order valence-electron chi connectivity index (χ4n) is 3.93. The van der Waals surface area contributed by atoms with Crippen molar-refractivity contribution in [2.75, 3.05) is 7.11 Å². The van der Waals surface area contributed by atoms with Crippen molar-refractivity contribution in [3.05, 3.63) is 27.7 Å². The lowest BCUT2D eigenvalue weighted by molar-refractivity contribution is -0.156. The van der Waals surface area contributed by atoms with Gasteiger partial charge in [0.05, 0.1) is 30.2 Å². The number of thiazole rings is 1. The molecule has 23 heavy (non-hydrogen) atoms. The van der Waals surface area contributed by atoms with E-state index in [-0.39, 0.29) is 17.3 Å². The van der Waals surface area contributed by atoms with E-state index in [9.17, 15) is 4.79 Å². The number of nitrogens with zero attached hydrogens (tertiary/aromatic N) is 4. The van der Waals surface area contributed by atoms with E-state index in [1.807, 2.05) is 6.92 Å². The zero-order chi connectivity index (χ0) is 16.0. The van der Waals surface area contributed by atoms with E-state index in [1.54, 1.807) is 11.3 Å². The van der Waals surface area contributed by atoms with Crippen LogP contribution < -0.4 is 0 Å². The summed E-state index contributed by atoms with van der Waals surface area (Å²) in [6.07, 6.45) is 4.85. The summed E-state index contributed by atoms with van der Waals surface area (Å²) in [5.74, 6) is 1.72. The number of hydrogen-bond acceptors (Lipinski definition) is 6. The maximum Gasteiger partial charge on any atom is 0.311 e. The summed E-state index contributed by atoms with van der Waals surface area (Å²) in [4.78, 5) is 16.8. The van der Waals surface area contributed by atoms with Gasteiger partial charge in [0.2, 0.25) is 0 Å². The van der Waals surface area contributed by atoms with Crippen LogP contribution in [0.1, 0.15) is 41.6 Å². The standard InChI is InChI=1S/C16H20N4O2S/c1-10-17-11(9-23-10)6-13-18-19-14-7-16(4-3-5-16)12(8-20(13)14)15(21)22-2/h9,12H,3-8H2,1-2H3. The largest absolute Gasteiger partial charge is 0.469 e. The van der Waals surface area contributed by atoms with Crippen molar-refractivity contribution in [1.29, 1.82) is 0 Å². The van der Waals surface area contributed by atoms with Gasteiger partial charge in [-0.3, -0.25) is 4.79 Å². The van der Waals surface area contributed by atoms with Gasteiger partial charge >= 0.3 is 5.97 Å². The molecule has 2 aliphatic rings. The van der Waals surface area contributed by atoms with Crippen LogP contribution in [0.5, 0.6) is 0 Å². The molecule has 2 aromatic heterocycles. The lowest BCUT2D eigenvalue weighted by atomic mass is 9.58. The van der Waals surface area contributed by atoms with Crippen LogP contribution in [0.3, 0.4) is 0 Å². The Labute approximate surface area is 138 Å². The quantitative estimate of drug-likeness (QED) is 0.806. The summed E-state index contributed by atoms with van der Waals surface area (Å²) in [6.45, 7) is 2.63. The number of methoxy groups -OCH3 is 1. The molecule has 1 atom stereocenters. The fourth-order valence-corrected chi connectivity index (χ4v) is 4.55. The molecule has 1 aliphatic heterocycles. The highest BCUT2D eigenvalue weighted by atomic mass is 32.1. The molecule has 6 nitrogen and oxygen atoms in total. The van der Waals surface area contributed by atoms with Gasteiger partial charge in [-0.05, 0) is 25.2 Å². The molecule has 1 fully saturated rings. The summed E-state index contributed by atoms with van der Waals surface area (Å²) in [6, 6.07) is 0. The van der Waals surface area contributed by atoms with Crippen molar-refractivity contribution in [2.24, 2.45) is 11.3 Å². The van der Waals surface area contributed by atoms with Gasteiger partial charge in [-0.2, -0.15) is 0 Å². The van der Waals surface area contributed by atoms with Crippen molar-refractivity contribution in [2.45, 2.75) is 45.6 Å². The summed E-state index contributed by atoms with van der Waals surface area (Å²) >= 11 is 1.64. The van der Waals surface area contributed by atoms with E-state index < -0.39 is 0 Å². The number of ether oxygens (including phenoxy) is 1. The van der Waals surface area contributed by atoms with E-state index in [1.165, 1.54) is 13.5 Å². The van der Waals surface area contributed by atoms with E-state index in [4.69, 9.17) is 4.74 Å². The van der Waals surface area contributed by atoms with Gasteiger partial charge in [-0.15, -0.1) is 21.5 Å². The van der Waals surface area contributed by atoms with Gasteiger partial charge in [0, 0.05) is 18.3 Å². The smallest absolute Gasteiger partial charge is 0.311 e. The lowest BCUT2D eigenvalue weighted by Crippen LogP contribution is -2.49. The lowest BCUT2D eigenvalue weighted by Gasteiger charge is -2.49. The van der Waals surface area contributed by atoms with Crippen LogP contribution in [0.25, 0.3) is 0 Å². The minimum Gasteiger partial charge on any atom is -0.469 e. The van der Waals surface area contributed by atoms with Crippen LogP contribution >= 0.6 is 11.3 Å². The van der Waals surface area contributed by atoms with Gasteiger partial charge in [-0.25, -0.2) is 4.98 Å². The number of esters is 1. The maximum absolute atomic E-state index is 12.3. The first-order valence-corrected chi connectivity index (χ1v) is 8.89. The molecule has 0 N–H and O–H groups in total. The molecule has 122 valence electrons. The first-order valence-electron chi connectivity index (χ1n) is 8.01. The molecule has 4 rings (SSSR count). The molecule has 1 saturated carbocycles. The SMILES string of the molecule is COC(=O)C1Cn2c(Cc3csc(C)n3)nnc2CC12CCC2. The molecule has 1 spiro atoms. The van der Waals surface area contributed by atoms with Crippen LogP contribution in [0.2, 0.25) is 0 Å². The highest BCUT2D eigenvalue weighted by molar-refractivity contribution is 7.09. The van der Waals surface area contributed by atoms with Crippen molar-refractivity contribution in [3.8, 4) is 0 Å². The second-order valence-electron chi connectivity index (χ2n) is 6.65. The van der Waals surface area contributed by atoms with Crippen molar-refractivity contribution >= 4 is 17.3 Å². The highest BCUT2D eigenvalue weighted by Gasteiger charge is 2.51. The second-order valence-corrected chi connectivity index (χ2v) is 7.71. The Balaban J connectivity index is 1.64. The van der Waals surface area contributed by atoms with Gasteiger partial charge < -0.3 is 9.30 Å². The van der Waals surface area contributed by atoms with Gasteiger partial charge in [0.25, 0.3) is 0 Å². The molecule has 0 saturated heterocycles. The molecular weight excluding hydrogens is 312 g/mol. The Kier molecular flexibility index (Phi) is 3.48. The zero-order valence-electron chi connectivity index (χ0n) is 13.4. The van der Waals surface area contributed by atoms with Gasteiger partial charge in [0.15, 0.2) is 0 Å². The molecular formula is C16H20N4O2S. The van der Waals surface area contributed by atoms with Crippen LogP contribution in [-0.4, -0.2) is 32.8 Å². The third-order valence-corrected chi connectivity index (χ3v) is 6.18. The first-order chi connectivity index (χ1) is 11.1. The molecule has 0 radical (unpaired) electrons. The van der Waals surface area contributed by atoms with Gasteiger partial charge in [-0.1, -0.05) is 6.42 Å². The first kappa shape index (κ1) is 14.8. The number of hydrogen-bond donors (Lipinski definition) is 0. The van der Waals surface area contributed by atoms with E-state index >= 15 is 0 Å². The number of fused-ring (bicyclic) bond motifs is 1. The van der Waals surface area contributed by atoms with Gasteiger partial charge in [0.1, 0.15) is 11.6 Å². The average molecular weight is 332 g/mol. The molecule has 3 heterocycles. The molecule has 1 unspecified atom stereocenters. The number of aryl methyl sites for hydroxylation is 1. The van der Waals surface area contributed by atoms with Crippen LogP contribution in [0.15, 0.2) is 5.38 Å². The predicted molar refractivity (Wildman–Crippen MR) is 85.2 cm³/mol. The van der Waals surface area contributed by atoms with Crippen LogP contribution in [0, 0.1) is 18.3 Å². The minimum absolute atomic E-state index is 0.0462. The van der Waals surface area contributed by atoms with E-state index in [0.29, 0.717) is 13.0 Å². The molecule has 2 aromatic rings. The third kappa shape index (κ3) is 2.38. The Morgan fingerprint density at radius 2 is 2.30 bits per heavy atom. The Morgan fingerprint density at radius 3 is 2.91 bits per heavy atom. The predicted octanol–water partition coefficient (Wildman–Crippen LogP) is 2.15. The molecule has 0 bridgehead atoms. The number of carbonyl (C=O) groups is 1. The topological polar surface area (TPSA) is 69.9 Å². The summed E-state index contributed by atoms with van der Waals surface area (Å²) in [5.41, 5.74) is 1.06. The number of rotatable bonds is 3. The van der Waals surface area contributed by atoms with Crippen molar-refractivity contribution in [3.63, 3.8) is 0 Å². The van der Waals surface area contributed by atoms with Crippen LogP contribution in [0.4, 0.5) is 0 Å². The maximum atomic E-state index is 12.3. The third-order valence-electron chi connectivity index (χ3n) is 5.36. The normalized spacial score (nSPS) is 21.7. The number of aromatic nitrogens is 4. The Hall–Kier alpha value is -1.76. The average Bonchev–Trinajstić information content (AvgIpc) is 3.10. The van der Waals surface area contributed by atoms with E-state index in [2.05, 4.69) is 25.1 Å². The van der Waals surface area contributed by atoms with Crippen molar-refractivity contribution in [1.82, 2.24) is 19.7 Å². The highest BCUT2D eigenvalue weighted by Crippen LogP contribution is 2.52. The number of carbonyl (C=O) groups excluding carboxylic acids is 1. The second kappa shape index (κ2) is 5.40. The van der Waals surface area contributed by atoms with Crippen LogP contribution in [-0.2, 0) is 28.9 Å². The Morgan fingerprint density at radius 1 is 1.48 bits per heavy atom. The monoisotopic (exact) mass is 332 g/mol. The molecule has 7 heteroatoms. The molecule has 0 aromatic carbocycles. The van der Waals surface area contributed by atoms with E-state index in [0.717, 1.165) is 41.6 Å². The summed E-state index contributed by atoms with van der Waals surface area (Å²) < 4.78 is 7.18. The summed E-state index contributed by atoms with van der Waals surface area (Å²) in [7, 11) is 1.48. The zero-order valence-corrected chi connectivity index (χ0v) is 14.2. The minimum atomic E-state index is -0.0977. The molecule has 0 amide bonds.